The maximum Gasteiger partial charge on any atom is 0.255 e. The minimum absolute atomic E-state index is 0.275. The summed E-state index contributed by atoms with van der Waals surface area (Å²) in [7, 11) is 0. The number of carbonyl (C=O) groups excluding carboxylic acids is 1. The average molecular weight is 383 g/mol. The summed E-state index contributed by atoms with van der Waals surface area (Å²) in [6.45, 7) is 2.41. The van der Waals surface area contributed by atoms with E-state index in [1.165, 1.54) is 0 Å². The highest BCUT2D eigenvalue weighted by atomic mass is 16.4. The van der Waals surface area contributed by atoms with Crippen molar-refractivity contribution < 1.29 is 9.21 Å². The maximum absolute atomic E-state index is 12.4. The Labute approximate surface area is 167 Å². The van der Waals surface area contributed by atoms with Crippen LogP contribution in [0.4, 0.5) is 5.69 Å². The van der Waals surface area contributed by atoms with Crippen LogP contribution in [0.25, 0.3) is 11.5 Å². The summed E-state index contributed by atoms with van der Waals surface area (Å²) in [4.78, 5) is 16.9. The first-order valence-corrected chi connectivity index (χ1v) is 8.98. The minimum Gasteiger partial charge on any atom is -0.441 e. The van der Waals surface area contributed by atoms with Crippen LogP contribution < -0.4 is 5.32 Å². The number of rotatable bonds is 5. The average Bonchev–Trinajstić information content (AvgIpc) is 3.39. The third-order valence-electron chi connectivity index (χ3n) is 4.41. The van der Waals surface area contributed by atoms with E-state index in [4.69, 9.17) is 9.68 Å². The summed E-state index contributed by atoms with van der Waals surface area (Å²) in [5, 5.41) is 16.0. The molecule has 0 bridgehead atoms. The first-order valence-electron chi connectivity index (χ1n) is 8.98. The van der Waals surface area contributed by atoms with Gasteiger partial charge in [0, 0.05) is 29.2 Å². The van der Waals surface area contributed by atoms with Crippen LogP contribution in [-0.2, 0) is 6.54 Å². The van der Waals surface area contributed by atoms with Crippen molar-refractivity contribution in [3.63, 3.8) is 0 Å². The Kier molecular flexibility index (Phi) is 4.91. The number of oxazole rings is 1. The third kappa shape index (κ3) is 4.06. The predicted octanol–water partition coefficient (Wildman–Crippen LogP) is 4.02. The van der Waals surface area contributed by atoms with Crippen LogP contribution >= 0.6 is 0 Å². The molecule has 142 valence electrons. The number of hydrogen-bond donors (Lipinski definition) is 1. The Bertz CT molecular complexity index is 1180. The molecule has 1 N–H and O–H groups in total. The van der Waals surface area contributed by atoms with Crippen molar-refractivity contribution in [3.8, 4) is 17.5 Å². The molecule has 29 heavy (non-hydrogen) atoms. The number of nitrogens with zero attached hydrogens (tertiary/aromatic N) is 4. The van der Waals surface area contributed by atoms with Gasteiger partial charge in [0.25, 0.3) is 5.91 Å². The molecule has 0 saturated carbocycles. The molecule has 4 aromatic rings. The van der Waals surface area contributed by atoms with E-state index in [0.717, 1.165) is 17.0 Å². The quantitative estimate of drug-likeness (QED) is 0.561. The molecule has 0 unspecified atom stereocenters. The summed E-state index contributed by atoms with van der Waals surface area (Å²) in [6, 6.07) is 17.7. The van der Waals surface area contributed by atoms with E-state index < -0.39 is 0 Å². The first-order chi connectivity index (χ1) is 14.1. The Morgan fingerprint density at radius 2 is 2.03 bits per heavy atom. The molecule has 2 aromatic heterocycles. The number of aryl methyl sites for hydroxylation is 1. The monoisotopic (exact) mass is 383 g/mol. The molecule has 0 atom stereocenters. The van der Waals surface area contributed by atoms with Gasteiger partial charge in [0.2, 0.25) is 5.89 Å². The van der Waals surface area contributed by atoms with Gasteiger partial charge in [-0.25, -0.2) is 4.98 Å². The zero-order chi connectivity index (χ0) is 20.2. The van der Waals surface area contributed by atoms with Crippen LogP contribution in [0.1, 0.15) is 27.4 Å². The first kappa shape index (κ1) is 18.2. The van der Waals surface area contributed by atoms with Gasteiger partial charge in [-0.15, -0.1) is 0 Å². The highest BCUT2D eigenvalue weighted by molar-refractivity contribution is 6.04. The summed E-state index contributed by atoms with van der Waals surface area (Å²) < 4.78 is 7.58. The molecule has 7 heteroatoms. The standard InChI is InChI=1S/C22H17N5O2/c1-15-20(14-27-11-3-10-24-27)26-22(29-15)17-6-8-19(9-7-17)25-21(28)18-5-2-4-16(12-18)13-23/h2-12H,14H2,1H3,(H,25,28). The molecule has 2 aromatic carbocycles. The highest BCUT2D eigenvalue weighted by Crippen LogP contribution is 2.24. The zero-order valence-corrected chi connectivity index (χ0v) is 15.7. The second-order valence-corrected chi connectivity index (χ2v) is 6.45. The normalized spacial score (nSPS) is 10.5. The van der Waals surface area contributed by atoms with Crippen molar-refractivity contribution in [2.75, 3.05) is 5.32 Å². The van der Waals surface area contributed by atoms with Gasteiger partial charge in [0.1, 0.15) is 11.5 Å². The van der Waals surface area contributed by atoms with Gasteiger partial charge in [-0.3, -0.25) is 9.48 Å². The van der Waals surface area contributed by atoms with Crippen LogP contribution in [-0.4, -0.2) is 20.7 Å². The SMILES string of the molecule is Cc1oc(-c2ccc(NC(=O)c3cccc(C#N)c3)cc2)nc1Cn1cccn1. The Morgan fingerprint density at radius 1 is 1.21 bits per heavy atom. The number of anilines is 1. The Morgan fingerprint density at radius 3 is 2.76 bits per heavy atom. The number of carbonyl (C=O) groups is 1. The minimum atomic E-state index is -0.275. The fourth-order valence-corrected chi connectivity index (χ4v) is 2.88. The maximum atomic E-state index is 12.4. The second-order valence-electron chi connectivity index (χ2n) is 6.45. The molecule has 2 heterocycles. The molecule has 0 aliphatic carbocycles. The van der Waals surface area contributed by atoms with Crippen LogP contribution in [0.15, 0.2) is 71.4 Å². The molecule has 0 fully saturated rings. The van der Waals surface area contributed by atoms with Crippen molar-refractivity contribution in [1.29, 1.82) is 5.26 Å². The number of nitrogens with one attached hydrogen (secondary N) is 1. The third-order valence-corrected chi connectivity index (χ3v) is 4.41. The summed E-state index contributed by atoms with van der Waals surface area (Å²) in [5.41, 5.74) is 3.14. The Balaban J connectivity index is 1.48. The van der Waals surface area contributed by atoms with Gasteiger partial charge in [0.15, 0.2) is 0 Å². The summed E-state index contributed by atoms with van der Waals surface area (Å²) in [6.07, 6.45) is 3.59. The fourth-order valence-electron chi connectivity index (χ4n) is 2.88. The molecule has 7 nitrogen and oxygen atoms in total. The second kappa shape index (κ2) is 7.82. The smallest absolute Gasteiger partial charge is 0.255 e. The number of benzene rings is 2. The lowest BCUT2D eigenvalue weighted by molar-refractivity contribution is 0.102. The van der Waals surface area contributed by atoms with Crippen molar-refractivity contribution >= 4 is 11.6 Å². The van der Waals surface area contributed by atoms with E-state index in [1.807, 2.05) is 37.4 Å². The lowest BCUT2D eigenvalue weighted by Crippen LogP contribution is -2.11. The van der Waals surface area contributed by atoms with Gasteiger partial charge in [-0.05, 0) is 55.5 Å². The predicted molar refractivity (Wildman–Crippen MR) is 107 cm³/mol. The van der Waals surface area contributed by atoms with Crippen LogP contribution in [0.5, 0.6) is 0 Å². The molecule has 1 amide bonds. The van der Waals surface area contributed by atoms with Gasteiger partial charge >= 0.3 is 0 Å². The zero-order valence-electron chi connectivity index (χ0n) is 15.7. The molecular weight excluding hydrogens is 366 g/mol. The largest absolute Gasteiger partial charge is 0.441 e. The molecule has 4 rings (SSSR count). The number of amides is 1. The van der Waals surface area contributed by atoms with E-state index in [1.54, 1.807) is 47.3 Å². The van der Waals surface area contributed by atoms with E-state index in [-0.39, 0.29) is 5.91 Å². The van der Waals surface area contributed by atoms with Gasteiger partial charge < -0.3 is 9.73 Å². The molecule has 0 saturated heterocycles. The molecule has 0 aliphatic rings. The Hall–Kier alpha value is -4.18. The van der Waals surface area contributed by atoms with Gasteiger partial charge in [0.05, 0.1) is 18.2 Å². The topological polar surface area (TPSA) is 96.7 Å². The summed E-state index contributed by atoms with van der Waals surface area (Å²) in [5.74, 6) is 0.984. The molecule has 0 radical (unpaired) electrons. The number of hydrogen-bond acceptors (Lipinski definition) is 5. The van der Waals surface area contributed by atoms with E-state index >= 15 is 0 Å². The lowest BCUT2D eigenvalue weighted by atomic mass is 10.1. The van der Waals surface area contributed by atoms with Crippen molar-refractivity contribution in [1.82, 2.24) is 14.8 Å². The van der Waals surface area contributed by atoms with Crippen molar-refractivity contribution in [2.24, 2.45) is 0 Å². The van der Waals surface area contributed by atoms with Crippen molar-refractivity contribution in [3.05, 3.63) is 89.6 Å². The fraction of sp³-hybridized carbons (Fsp3) is 0.0909. The van der Waals surface area contributed by atoms with E-state index in [9.17, 15) is 4.79 Å². The summed E-state index contributed by atoms with van der Waals surface area (Å²) >= 11 is 0. The highest BCUT2D eigenvalue weighted by Gasteiger charge is 2.13. The number of nitriles is 1. The van der Waals surface area contributed by atoms with Crippen LogP contribution in [0.3, 0.4) is 0 Å². The van der Waals surface area contributed by atoms with E-state index in [0.29, 0.717) is 29.2 Å². The van der Waals surface area contributed by atoms with Crippen LogP contribution in [0, 0.1) is 18.3 Å². The molecule has 0 spiro atoms. The van der Waals surface area contributed by atoms with Gasteiger partial charge in [-0.1, -0.05) is 6.07 Å². The van der Waals surface area contributed by atoms with Crippen LogP contribution in [0.2, 0.25) is 0 Å². The van der Waals surface area contributed by atoms with Gasteiger partial charge in [-0.2, -0.15) is 10.4 Å². The van der Waals surface area contributed by atoms with E-state index in [2.05, 4.69) is 15.4 Å². The number of aromatic nitrogens is 3. The lowest BCUT2D eigenvalue weighted by Gasteiger charge is -2.06. The molecular formula is C22H17N5O2. The molecule has 0 aliphatic heterocycles. The van der Waals surface area contributed by atoms with Crippen molar-refractivity contribution in [2.45, 2.75) is 13.5 Å².